The summed E-state index contributed by atoms with van der Waals surface area (Å²) in [6.07, 6.45) is -4.94. The normalized spacial score (nSPS) is 14.8. The summed E-state index contributed by atoms with van der Waals surface area (Å²) >= 11 is 0. The second kappa shape index (κ2) is 21.2. The van der Waals surface area contributed by atoms with E-state index in [4.69, 9.17) is 17.3 Å². The highest BCUT2D eigenvalue weighted by atomic mass is 19.4. The van der Waals surface area contributed by atoms with Gasteiger partial charge in [-0.3, -0.25) is 9.89 Å². The standard InChI is InChI=1S/C19H16F4N6O.C19H14F4N6.C14H13FN6/c20-13-6-2-1-4-11(13)10-29-16-12(5-3-9-25-16)14(28-29)15(24)26-27-17(30)18(7-8-18)19(21,22)23;20-13-6-2-1-4-11(13)10-29-16-12(5-3-9-24-16)14(28-29)15-25-17(27-26-15)18(7-8-18)19(21,22)23;15-11-6-2-1-4-9(11)8-21-14-10(5-3-7-18-14)12(20-21)13(16)19-17/h1-6,9H,7-8,10H2,(H2,24,26)(H,27,30);1-6,9H,7-8,10H2,(H,25,26,27);1-7H,8,17H2,(H2,16,19). The van der Waals surface area contributed by atoms with Crippen molar-refractivity contribution in [2.75, 3.05) is 0 Å². The number of pyridine rings is 3. The molecule has 80 heavy (non-hydrogen) atoms. The first-order chi connectivity index (χ1) is 38.3. The van der Waals surface area contributed by atoms with Crippen LogP contribution in [0.25, 0.3) is 44.6 Å². The van der Waals surface area contributed by atoms with Gasteiger partial charge in [0.2, 0.25) is 5.82 Å². The maximum Gasteiger partial charge on any atom is 0.403 e. The number of halogens is 9. The first-order valence-corrected chi connectivity index (χ1v) is 24.2. The highest BCUT2D eigenvalue weighted by molar-refractivity contribution is 6.07. The molecule has 0 radical (unpaired) electrons. The van der Waals surface area contributed by atoms with E-state index in [1.54, 1.807) is 102 Å². The fourth-order valence-corrected chi connectivity index (χ4v) is 8.72. The van der Waals surface area contributed by atoms with Crippen LogP contribution in [-0.2, 0) is 29.8 Å². The van der Waals surface area contributed by atoms with E-state index in [-0.39, 0.29) is 86.0 Å². The Bertz CT molecular complexity index is 3980. The number of hydrogen-bond donors (Lipinski definition) is 5. The molecule has 0 spiro atoms. The van der Waals surface area contributed by atoms with Gasteiger partial charge in [0, 0.05) is 35.3 Å². The van der Waals surface area contributed by atoms with E-state index >= 15 is 0 Å². The van der Waals surface area contributed by atoms with Crippen LogP contribution < -0.4 is 22.7 Å². The lowest BCUT2D eigenvalue weighted by molar-refractivity contribution is -0.192. The second-order valence-corrected chi connectivity index (χ2v) is 18.5. The number of fused-ring (bicyclic) bond motifs is 3. The Morgan fingerprint density at radius 3 is 1.45 bits per heavy atom. The fourth-order valence-electron chi connectivity index (χ4n) is 8.72. The van der Waals surface area contributed by atoms with Crippen molar-refractivity contribution in [3.05, 3.63) is 179 Å². The lowest BCUT2D eigenvalue weighted by Gasteiger charge is -2.16. The minimum absolute atomic E-state index is 0.0187. The van der Waals surface area contributed by atoms with E-state index < -0.39 is 34.9 Å². The van der Waals surface area contributed by atoms with Crippen LogP contribution in [0.3, 0.4) is 0 Å². The first-order valence-electron chi connectivity index (χ1n) is 24.2. The average Bonchev–Trinajstić information content (AvgIpc) is 4.46. The van der Waals surface area contributed by atoms with Gasteiger partial charge in [0.15, 0.2) is 28.6 Å². The molecule has 12 rings (SSSR count). The number of nitrogens with zero attached hydrogens (tertiary/aromatic N) is 13. The third-order valence-electron chi connectivity index (χ3n) is 13.4. The lowest BCUT2D eigenvalue weighted by Crippen LogP contribution is -2.40. The van der Waals surface area contributed by atoms with E-state index in [1.165, 1.54) is 33.8 Å². The van der Waals surface area contributed by atoms with Gasteiger partial charge >= 0.3 is 12.4 Å². The maximum absolute atomic E-state index is 14.1. The van der Waals surface area contributed by atoms with Gasteiger partial charge in [0.1, 0.15) is 51.2 Å². The molecule has 0 unspecified atom stereocenters. The number of amides is 1. The number of hydrogen-bond acceptors (Lipinski definition) is 12. The Morgan fingerprint density at radius 2 is 1.02 bits per heavy atom. The topological polar surface area (TPSA) is 266 Å². The Labute approximate surface area is 445 Å². The fraction of sp³-hybridized carbons (Fsp3) is 0.212. The van der Waals surface area contributed by atoms with Crippen LogP contribution in [0.5, 0.6) is 0 Å². The van der Waals surface area contributed by atoms with E-state index in [0.717, 1.165) is 5.39 Å². The molecule has 410 valence electrons. The van der Waals surface area contributed by atoms with E-state index in [2.05, 4.69) is 55.6 Å². The monoisotopic (exact) mass is 1110 g/mol. The maximum atomic E-state index is 14.1. The van der Waals surface area contributed by atoms with Crippen molar-refractivity contribution in [3.8, 4) is 11.5 Å². The number of carbonyl (C=O) groups is 1. The molecule has 10 aromatic rings. The molecule has 3 aromatic carbocycles. The van der Waals surface area contributed by atoms with Crippen molar-refractivity contribution in [2.45, 2.75) is 63.1 Å². The van der Waals surface area contributed by atoms with Crippen molar-refractivity contribution < 1.29 is 44.3 Å². The van der Waals surface area contributed by atoms with Crippen LogP contribution in [-0.4, -0.2) is 89.4 Å². The molecular weight excluding hydrogens is 1060 g/mol. The first kappa shape index (κ1) is 53.6. The number of aromatic nitrogens is 12. The predicted octanol–water partition coefficient (Wildman–Crippen LogP) is 7.89. The van der Waals surface area contributed by atoms with Crippen LogP contribution >= 0.6 is 0 Å². The summed E-state index contributed by atoms with van der Waals surface area (Å²) in [5.41, 5.74) is 12.8. The van der Waals surface area contributed by atoms with E-state index in [0.29, 0.717) is 55.8 Å². The van der Waals surface area contributed by atoms with Crippen molar-refractivity contribution in [3.63, 3.8) is 0 Å². The number of benzene rings is 3. The molecule has 0 aliphatic heterocycles. The molecule has 7 heterocycles. The van der Waals surface area contributed by atoms with Gasteiger partial charge in [-0.05, 0) is 80.3 Å². The highest BCUT2D eigenvalue weighted by Crippen LogP contribution is 2.58. The van der Waals surface area contributed by atoms with Crippen molar-refractivity contribution in [1.29, 1.82) is 0 Å². The van der Waals surface area contributed by atoms with E-state index in [9.17, 15) is 44.3 Å². The molecule has 0 bridgehead atoms. The Hall–Kier alpha value is -9.76. The zero-order valence-corrected chi connectivity index (χ0v) is 41.4. The zero-order valence-electron chi connectivity index (χ0n) is 41.4. The average molecular weight is 1110 g/mol. The summed E-state index contributed by atoms with van der Waals surface area (Å²) in [5.74, 6) is 2.54. The van der Waals surface area contributed by atoms with E-state index in [1.807, 2.05) is 11.5 Å². The minimum Gasteiger partial charge on any atom is -0.380 e. The van der Waals surface area contributed by atoms with Gasteiger partial charge in [-0.25, -0.2) is 52.6 Å². The van der Waals surface area contributed by atoms with Crippen LogP contribution in [0, 0.1) is 22.9 Å². The zero-order chi connectivity index (χ0) is 56.6. The number of carbonyl (C=O) groups excluding carboxylic acids is 1. The second-order valence-electron chi connectivity index (χ2n) is 18.5. The van der Waals surface area contributed by atoms with Gasteiger partial charge in [0.25, 0.3) is 5.91 Å². The number of alkyl halides is 6. The number of rotatable bonds is 12. The number of amidine groups is 2. The number of nitrogens with one attached hydrogen (secondary N) is 2. The summed E-state index contributed by atoms with van der Waals surface area (Å²) in [6, 6.07) is 29.2. The Morgan fingerprint density at radius 1 is 0.588 bits per heavy atom. The van der Waals surface area contributed by atoms with Crippen molar-refractivity contribution >= 4 is 50.7 Å². The smallest absolute Gasteiger partial charge is 0.380 e. The molecule has 0 saturated heterocycles. The molecule has 19 nitrogen and oxygen atoms in total. The Kier molecular flexibility index (Phi) is 14.2. The lowest BCUT2D eigenvalue weighted by atomic mass is 10.1. The Balaban J connectivity index is 0.000000137. The van der Waals surface area contributed by atoms with Gasteiger partial charge in [-0.15, -0.1) is 0 Å². The summed E-state index contributed by atoms with van der Waals surface area (Å²) in [4.78, 5) is 28.9. The predicted molar refractivity (Wildman–Crippen MR) is 273 cm³/mol. The molecule has 28 heteroatoms. The van der Waals surface area contributed by atoms with Crippen LogP contribution in [0.1, 0.15) is 59.6 Å². The van der Waals surface area contributed by atoms with Crippen LogP contribution in [0.2, 0.25) is 0 Å². The molecule has 8 N–H and O–H groups in total. The van der Waals surface area contributed by atoms with Gasteiger partial charge in [0.05, 0.1) is 35.8 Å². The van der Waals surface area contributed by atoms with Crippen LogP contribution in [0.15, 0.2) is 138 Å². The molecule has 0 atom stereocenters. The summed E-state index contributed by atoms with van der Waals surface area (Å²) in [6.45, 7) is 0.416. The van der Waals surface area contributed by atoms with Crippen LogP contribution in [0.4, 0.5) is 39.5 Å². The van der Waals surface area contributed by atoms with Gasteiger partial charge in [-0.1, -0.05) is 54.6 Å². The highest BCUT2D eigenvalue weighted by Gasteiger charge is 2.69. The summed E-state index contributed by atoms with van der Waals surface area (Å²) < 4.78 is 126. The number of nitrogens with two attached hydrogens (primary N) is 3. The molecule has 1 amide bonds. The molecule has 2 saturated carbocycles. The number of H-pyrrole nitrogens is 1. The molecule has 2 aliphatic rings. The summed E-state index contributed by atoms with van der Waals surface area (Å²) in [7, 11) is 0. The third-order valence-corrected chi connectivity index (χ3v) is 13.4. The minimum atomic E-state index is -4.65. The molecule has 2 aliphatic carbocycles. The largest absolute Gasteiger partial charge is 0.403 e. The van der Waals surface area contributed by atoms with Crippen molar-refractivity contribution in [1.82, 2.24) is 64.9 Å². The van der Waals surface area contributed by atoms with Gasteiger partial charge < -0.3 is 17.3 Å². The number of aromatic amines is 1. The molecular formula is C52H43F9N18O. The SMILES string of the molecule is Fc1ccccc1Cn1nc(-c2n[nH]c(C3(C(F)(F)F)CC3)n2)c2cccnc21.N/C(=N\NC(=O)C1(C(F)(F)F)CC1)c1nn(Cc2ccccc2F)c2ncccc12.N/N=C(\N)c1nn(Cc2ccccc2F)c2ncccc12. The quantitative estimate of drug-likeness (QED) is 0.0257. The van der Waals surface area contributed by atoms with Gasteiger partial charge in [-0.2, -0.15) is 56.9 Å². The third kappa shape index (κ3) is 10.4. The summed E-state index contributed by atoms with van der Waals surface area (Å²) in [5, 5.41) is 28.3. The van der Waals surface area contributed by atoms with Crippen molar-refractivity contribution in [2.24, 2.45) is 32.9 Å². The molecule has 7 aromatic heterocycles. The molecule has 2 fully saturated rings. The number of hydrazone groups is 2.